The Balaban J connectivity index is 1.91. The molecular formula is C21H32F2N4O3. The van der Waals surface area contributed by atoms with E-state index in [-0.39, 0.29) is 17.4 Å². The molecule has 1 aromatic carbocycles. The molecule has 30 heavy (non-hydrogen) atoms. The molecule has 0 spiro atoms. The normalized spacial score (nSPS) is 15.8. The molecule has 1 aromatic rings. The fourth-order valence-electron chi connectivity index (χ4n) is 3.86. The number of nitrogens with one attached hydrogen (secondary N) is 2. The average Bonchev–Trinajstić information content (AvgIpc) is 3.19. The number of carbonyl (C=O) groups is 1. The number of rotatable bonds is 9. The Morgan fingerprint density at radius 3 is 2.50 bits per heavy atom. The molecule has 0 heterocycles. The van der Waals surface area contributed by atoms with Crippen molar-refractivity contribution in [2.45, 2.75) is 38.7 Å². The van der Waals surface area contributed by atoms with Crippen LogP contribution in [0.5, 0.6) is 11.5 Å². The molecule has 1 saturated carbocycles. The van der Waals surface area contributed by atoms with Crippen molar-refractivity contribution in [1.29, 1.82) is 0 Å². The maximum absolute atomic E-state index is 12.7. The predicted octanol–water partition coefficient (Wildman–Crippen LogP) is 2.65. The first-order chi connectivity index (χ1) is 14.3. The fraction of sp³-hybridized carbons (Fsp3) is 0.619. The summed E-state index contributed by atoms with van der Waals surface area (Å²) in [5.41, 5.74) is 0.433. The highest BCUT2D eigenvalue weighted by atomic mass is 19.3. The Hall–Kier alpha value is -2.58. The van der Waals surface area contributed by atoms with Gasteiger partial charge in [-0.2, -0.15) is 8.78 Å². The number of nitrogens with zero attached hydrogens (tertiary/aromatic N) is 2. The molecule has 0 unspecified atom stereocenters. The first kappa shape index (κ1) is 23.7. The summed E-state index contributed by atoms with van der Waals surface area (Å²) in [5.74, 6) is 1.02. The van der Waals surface area contributed by atoms with E-state index in [0.29, 0.717) is 25.5 Å². The molecule has 1 amide bonds. The van der Waals surface area contributed by atoms with Crippen molar-refractivity contribution in [3.8, 4) is 11.5 Å². The van der Waals surface area contributed by atoms with Gasteiger partial charge in [0, 0.05) is 34.2 Å². The van der Waals surface area contributed by atoms with Crippen molar-refractivity contribution in [1.82, 2.24) is 15.5 Å². The lowest BCUT2D eigenvalue weighted by Gasteiger charge is -2.31. The minimum atomic E-state index is -2.91. The van der Waals surface area contributed by atoms with Gasteiger partial charge in [-0.15, -0.1) is 0 Å². The van der Waals surface area contributed by atoms with Crippen molar-refractivity contribution in [3.05, 3.63) is 23.8 Å². The van der Waals surface area contributed by atoms with Crippen LogP contribution in [-0.4, -0.2) is 64.7 Å². The summed E-state index contributed by atoms with van der Waals surface area (Å²) in [6, 6.07) is 4.96. The van der Waals surface area contributed by atoms with Crippen LogP contribution in [0.2, 0.25) is 0 Å². The summed E-state index contributed by atoms with van der Waals surface area (Å²) in [6.45, 7) is -1.85. The molecule has 1 aliphatic rings. The quantitative estimate of drug-likeness (QED) is 0.469. The minimum absolute atomic E-state index is 0.0119. The van der Waals surface area contributed by atoms with Crippen LogP contribution in [0.4, 0.5) is 8.78 Å². The van der Waals surface area contributed by atoms with Crippen molar-refractivity contribution in [2.75, 3.05) is 41.3 Å². The fourth-order valence-corrected chi connectivity index (χ4v) is 3.86. The van der Waals surface area contributed by atoms with Crippen LogP contribution in [0.1, 0.15) is 31.2 Å². The van der Waals surface area contributed by atoms with E-state index in [4.69, 9.17) is 4.74 Å². The van der Waals surface area contributed by atoms with Gasteiger partial charge in [-0.25, -0.2) is 0 Å². The molecule has 0 radical (unpaired) electrons. The van der Waals surface area contributed by atoms with E-state index in [0.717, 1.165) is 31.2 Å². The Labute approximate surface area is 176 Å². The first-order valence-corrected chi connectivity index (χ1v) is 10.1. The molecule has 7 nitrogen and oxygen atoms in total. The summed E-state index contributed by atoms with van der Waals surface area (Å²) in [4.78, 5) is 18.6. The summed E-state index contributed by atoms with van der Waals surface area (Å²) >= 11 is 0. The summed E-state index contributed by atoms with van der Waals surface area (Å²) in [5, 5.41) is 6.49. The van der Waals surface area contributed by atoms with E-state index >= 15 is 0 Å². The summed E-state index contributed by atoms with van der Waals surface area (Å²) in [7, 11) is 6.65. The van der Waals surface area contributed by atoms with Gasteiger partial charge in [-0.1, -0.05) is 18.9 Å². The zero-order chi connectivity index (χ0) is 22.1. The lowest BCUT2D eigenvalue weighted by molar-refractivity contribution is -0.138. The zero-order valence-electron chi connectivity index (χ0n) is 18.1. The number of aliphatic imine (C=N–C) groups is 1. The van der Waals surface area contributed by atoms with Crippen LogP contribution in [0.15, 0.2) is 23.2 Å². The number of methoxy groups -OCH3 is 1. The van der Waals surface area contributed by atoms with Gasteiger partial charge in [0.15, 0.2) is 17.5 Å². The number of hydrogen-bond donors (Lipinski definition) is 2. The third kappa shape index (κ3) is 6.21. The van der Waals surface area contributed by atoms with Crippen LogP contribution in [0.3, 0.4) is 0 Å². The van der Waals surface area contributed by atoms with Gasteiger partial charge in [0.05, 0.1) is 12.5 Å². The van der Waals surface area contributed by atoms with Crippen molar-refractivity contribution < 1.29 is 23.0 Å². The highest BCUT2D eigenvalue weighted by Gasteiger charge is 2.42. The van der Waals surface area contributed by atoms with Gasteiger partial charge < -0.3 is 25.0 Å². The molecule has 1 aliphatic carbocycles. The number of hydrogen-bond acceptors (Lipinski definition) is 4. The number of guanidine groups is 1. The van der Waals surface area contributed by atoms with Gasteiger partial charge in [-0.05, 0) is 37.0 Å². The molecular weight excluding hydrogens is 394 g/mol. The van der Waals surface area contributed by atoms with Gasteiger partial charge in [-0.3, -0.25) is 9.79 Å². The minimum Gasteiger partial charge on any atom is -0.493 e. The standard InChI is InChI=1S/C21H32F2N4O3/c1-24-20(26-14-21(10-5-6-11-21)18(28)27(2)3)25-12-9-15-7-8-16(29-4)17(13-15)30-19(22)23/h7-8,13,19H,5-6,9-12,14H2,1-4H3,(H2,24,25,26). The molecule has 9 heteroatoms. The maximum Gasteiger partial charge on any atom is 0.387 e. The van der Waals surface area contributed by atoms with E-state index in [2.05, 4.69) is 20.4 Å². The molecule has 2 N–H and O–H groups in total. The number of halogens is 2. The van der Waals surface area contributed by atoms with Gasteiger partial charge in [0.25, 0.3) is 0 Å². The van der Waals surface area contributed by atoms with E-state index < -0.39 is 12.0 Å². The first-order valence-electron chi connectivity index (χ1n) is 10.1. The van der Waals surface area contributed by atoms with Crippen LogP contribution < -0.4 is 20.1 Å². The van der Waals surface area contributed by atoms with E-state index in [9.17, 15) is 13.6 Å². The van der Waals surface area contributed by atoms with Crippen LogP contribution in [0.25, 0.3) is 0 Å². The van der Waals surface area contributed by atoms with Gasteiger partial charge in [0.1, 0.15) is 0 Å². The smallest absolute Gasteiger partial charge is 0.387 e. The monoisotopic (exact) mass is 426 g/mol. The van der Waals surface area contributed by atoms with Crippen LogP contribution >= 0.6 is 0 Å². The van der Waals surface area contributed by atoms with Crippen LogP contribution in [-0.2, 0) is 11.2 Å². The second kappa shape index (κ2) is 11.0. The average molecular weight is 427 g/mol. The predicted molar refractivity (Wildman–Crippen MR) is 112 cm³/mol. The van der Waals surface area contributed by atoms with Crippen molar-refractivity contribution in [3.63, 3.8) is 0 Å². The van der Waals surface area contributed by atoms with Gasteiger partial charge >= 0.3 is 6.61 Å². The topological polar surface area (TPSA) is 75.2 Å². The Kier molecular flexibility index (Phi) is 8.68. The Morgan fingerprint density at radius 2 is 1.93 bits per heavy atom. The molecule has 0 bridgehead atoms. The molecule has 0 atom stereocenters. The number of amides is 1. The largest absolute Gasteiger partial charge is 0.493 e. The third-order valence-electron chi connectivity index (χ3n) is 5.39. The third-order valence-corrected chi connectivity index (χ3v) is 5.39. The molecule has 0 aliphatic heterocycles. The number of carbonyl (C=O) groups excluding carboxylic acids is 1. The Bertz CT molecular complexity index is 735. The molecule has 2 rings (SSSR count). The van der Waals surface area contributed by atoms with E-state index in [1.807, 2.05) is 0 Å². The molecule has 1 fully saturated rings. The van der Waals surface area contributed by atoms with Crippen molar-refractivity contribution in [2.24, 2.45) is 10.4 Å². The zero-order valence-corrected chi connectivity index (χ0v) is 18.1. The maximum atomic E-state index is 12.7. The second-order valence-electron chi connectivity index (χ2n) is 7.65. The highest BCUT2D eigenvalue weighted by Crippen LogP contribution is 2.38. The highest BCUT2D eigenvalue weighted by molar-refractivity contribution is 5.85. The number of benzene rings is 1. The van der Waals surface area contributed by atoms with Crippen LogP contribution in [0, 0.1) is 5.41 Å². The van der Waals surface area contributed by atoms with E-state index in [1.54, 1.807) is 44.2 Å². The Morgan fingerprint density at radius 1 is 1.23 bits per heavy atom. The lowest BCUT2D eigenvalue weighted by Crippen LogP contribution is -2.49. The number of ether oxygens (including phenoxy) is 2. The number of alkyl halides is 2. The van der Waals surface area contributed by atoms with Crippen molar-refractivity contribution >= 4 is 11.9 Å². The lowest BCUT2D eigenvalue weighted by atomic mass is 9.84. The SMILES string of the molecule is CN=C(NCCc1ccc(OC)c(OC(F)F)c1)NCC1(C(=O)N(C)C)CCCC1. The molecule has 168 valence electrons. The second-order valence-corrected chi connectivity index (χ2v) is 7.65. The molecule has 0 saturated heterocycles. The van der Waals surface area contributed by atoms with E-state index in [1.165, 1.54) is 7.11 Å². The summed E-state index contributed by atoms with van der Waals surface area (Å²) < 4.78 is 34.7. The van der Waals surface area contributed by atoms with Gasteiger partial charge in [0.2, 0.25) is 5.91 Å². The summed E-state index contributed by atoms with van der Waals surface area (Å²) in [6.07, 6.45) is 4.41. The molecule has 0 aromatic heterocycles.